The van der Waals surface area contributed by atoms with Gasteiger partial charge in [-0.3, -0.25) is 4.84 Å². The van der Waals surface area contributed by atoms with Gasteiger partial charge < -0.3 is 4.90 Å². The zero-order valence-corrected chi connectivity index (χ0v) is 10.1. The van der Waals surface area contributed by atoms with Gasteiger partial charge >= 0.3 is 0 Å². The highest BCUT2D eigenvalue weighted by atomic mass is 16.7. The number of hydroxylamine groups is 2. The summed E-state index contributed by atoms with van der Waals surface area (Å²) in [6.07, 6.45) is 2.92. The van der Waals surface area contributed by atoms with E-state index in [0.717, 1.165) is 37.3 Å². The molecule has 1 aliphatic heterocycles. The minimum absolute atomic E-state index is 0.506. The van der Waals surface area contributed by atoms with Gasteiger partial charge in [-0.2, -0.15) is 0 Å². The molecular weight excluding hydrogens is 188 g/mol. The fourth-order valence-corrected chi connectivity index (χ4v) is 1.74. The first kappa shape index (κ1) is 12.3. The monoisotopic (exact) mass is 210 g/mol. The quantitative estimate of drug-likeness (QED) is 0.708. The first-order chi connectivity index (χ1) is 7.06. The molecule has 0 aromatic carbocycles. The Morgan fingerprint density at radius 3 is 2.27 bits per heavy atom. The number of hydrogen-bond donors (Lipinski definition) is 0. The van der Waals surface area contributed by atoms with Crippen molar-refractivity contribution in [3.05, 3.63) is 24.6 Å². The first-order valence-electron chi connectivity index (χ1n) is 5.51. The number of rotatable bonds is 4. The average molecular weight is 210 g/mol. The summed E-state index contributed by atoms with van der Waals surface area (Å²) in [6.45, 7) is 10.9. The van der Waals surface area contributed by atoms with Crippen molar-refractivity contribution in [3.63, 3.8) is 0 Å². The third kappa shape index (κ3) is 3.08. The van der Waals surface area contributed by atoms with E-state index in [9.17, 15) is 0 Å². The van der Waals surface area contributed by atoms with Gasteiger partial charge in [-0.15, -0.1) is 0 Å². The lowest BCUT2D eigenvalue weighted by Crippen LogP contribution is -2.38. The topological polar surface area (TPSA) is 15.7 Å². The molecule has 3 heteroatoms. The summed E-state index contributed by atoms with van der Waals surface area (Å²) >= 11 is 0. The molecule has 1 saturated heterocycles. The molecule has 0 saturated carbocycles. The summed E-state index contributed by atoms with van der Waals surface area (Å²) in [4.78, 5) is 7.82. The van der Waals surface area contributed by atoms with Gasteiger partial charge in [-0.25, -0.2) is 5.06 Å². The van der Waals surface area contributed by atoms with Crippen molar-refractivity contribution in [1.82, 2.24) is 9.96 Å². The molecule has 0 aliphatic carbocycles. The minimum Gasteiger partial charge on any atom is -0.306 e. The van der Waals surface area contributed by atoms with E-state index in [1.165, 1.54) is 0 Å². The summed E-state index contributed by atoms with van der Waals surface area (Å²) in [5.74, 6) is 0. The van der Waals surface area contributed by atoms with Crippen molar-refractivity contribution in [2.45, 2.75) is 32.2 Å². The van der Waals surface area contributed by atoms with Crippen molar-refractivity contribution in [2.24, 2.45) is 0 Å². The second-order valence-corrected chi connectivity index (χ2v) is 4.29. The molecule has 0 atom stereocenters. The Labute approximate surface area is 93.0 Å². The number of hydrogen-bond acceptors (Lipinski definition) is 3. The summed E-state index contributed by atoms with van der Waals surface area (Å²) in [5, 5.41) is 1.81. The third-order valence-electron chi connectivity index (χ3n) is 2.67. The maximum atomic E-state index is 5.60. The zero-order chi connectivity index (χ0) is 11.4. The Morgan fingerprint density at radius 1 is 1.33 bits per heavy atom. The molecule has 3 nitrogen and oxygen atoms in total. The molecular formula is C12H22N2O. The van der Waals surface area contributed by atoms with Gasteiger partial charge in [0.2, 0.25) is 0 Å². The summed E-state index contributed by atoms with van der Waals surface area (Å²) < 4.78 is 0. The Morgan fingerprint density at radius 2 is 1.87 bits per heavy atom. The van der Waals surface area contributed by atoms with E-state index in [1.807, 2.05) is 5.06 Å². The van der Waals surface area contributed by atoms with Crippen molar-refractivity contribution < 1.29 is 4.84 Å². The molecule has 0 radical (unpaired) electrons. The van der Waals surface area contributed by atoms with Gasteiger partial charge in [0.25, 0.3) is 0 Å². The highest BCUT2D eigenvalue weighted by molar-refractivity contribution is 5.12. The lowest BCUT2D eigenvalue weighted by Gasteiger charge is -2.38. The Kier molecular flexibility index (Phi) is 4.36. The summed E-state index contributed by atoms with van der Waals surface area (Å²) in [6, 6.07) is 0.506. The van der Waals surface area contributed by atoms with Crippen LogP contribution in [-0.2, 0) is 4.84 Å². The number of piperidine rings is 1. The standard InChI is InChI=1S/C12H22N2O/c1-6-7-15-14-10(2)8-12(13(4)5)9-11(14)3/h12H,2-3,6-9H2,1,4-5H3. The second kappa shape index (κ2) is 5.33. The average Bonchev–Trinajstić information content (AvgIpc) is 2.16. The normalized spacial score (nSPS) is 19.1. The smallest absolute Gasteiger partial charge is 0.0750 e. The van der Waals surface area contributed by atoms with Crippen molar-refractivity contribution in [1.29, 1.82) is 0 Å². The van der Waals surface area contributed by atoms with Gasteiger partial charge in [0.05, 0.1) is 6.61 Å². The van der Waals surface area contributed by atoms with E-state index >= 15 is 0 Å². The van der Waals surface area contributed by atoms with Gasteiger partial charge in [-0.05, 0) is 20.5 Å². The molecule has 1 heterocycles. The molecule has 1 rings (SSSR count). The SMILES string of the molecule is C=C1CC(N(C)C)CC(=C)N1OCCC. The highest BCUT2D eigenvalue weighted by Crippen LogP contribution is 2.29. The highest BCUT2D eigenvalue weighted by Gasteiger charge is 2.26. The maximum absolute atomic E-state index is 5.60. The van der Waals surface area contributed by atoms with Crippen LogP contribution in [0, 0.1) is 0 Å². The summed E-state index contributed by atoms with van der Waals surface area (Å²) in [5.41, 5.74) is 2.02. The van der Waals surface area contributed by atoms with Crippen molar-refractivity contribution in [3.8, 4) is 0 Å². The molecule has 0 spiro atoms. The van der Waals surface area contributed by atoms with E-state index in [1.54, 1.807) is 0 Å². The summed E-state index contributed by atoms with van der Waals surface area (Å²) in [7, 11) is 4.18. The molecule has 0 aromatic rings. The maximum Gasteiger partial charge on any atom is 0.0750 e. The third-order valence-corrected chi connectivity index (χ3v) is 2.67. The van der Waals surface area contributed by atoms with Crippen LogP contribution in [0.4, 0.5) is 0 Å². The van der Waals surface area contributed by atoms with E-state index in [4.69, 9.17) is 4.84 Å². The van der Waals surface area contributed by atoms with Crippen molar-refractivity contribution in [2.75, 3.05) is 20.7 Å². The van der Waals surface area contributed by atoms with Crippen LogP contribution in [0.25, 0.3) is 0 Å². The Balaban J connectivity index is 2.57. The molecule has 1 fully saturated rings. The predicted octanol–water partition coefficient (Wildman–Crippen LogP) is 2.38. The fourth-order valence-electron chi connectivity index (χ4n) is 1.74. The van der Waals surface area contributed by atoms with E-state index in [-0.39, 0.29) is 0 Å². The molecule has 1 aliphatic rings. The van der Waals surface area contributed by atoms with Gasteiger partial charge in [0, 0.05) is 30.3 Å². The molecule has 86 valence electrons. The molecule has 0 unspecified atom stereocenters. The lowest BCUT2D eigenvalue weighted by atomic mass is 10.0. The van der Waals surface area contributed by atoms with Gasteiger partial charge in [0.1, 0.15) is 0 Å². The zero-order valence-electron chi connectivity index (χ0n) is 10.1. The molecule has 0 bridgehead atoms. The van der Waals surface area contributed by atoms with Crippen LogP contribution in [0.1, 0.15) is 26.2 Å². The molecule has 0 N–H and O–H groups in total. The van der Waals surface area contributed by atoms with Gasteiger partial charge in [-0.1, -0.05) is 20.1 Å². The molecule has 0 amide bonds. The van der Waals surface area contributed by atoms with E-state index in [0.29, 0.717) is 6.04 Å². The largest absolute Gasteiger partial charge is 0.306 e. The van der Waals surface area contributed by atoms with Crippen LogP contribution < -0.4 is 0 Å². The van der Waals surface area contributed by atoms with Crippen LogP contribution in [0.15, 0.2) is 24.6 Å². The van der Waals surface area contributed by atoms with Gasteiger partial charge in [0.15, 0.2) is 0 Å². The Hall–Kier alpha value is -0.800. The molecule has 15 heavy (non-hydrogen) atoms. The van der Waals surface area contributed by atoms with Crippen LogP contribution in [0.5, 0.6) is 0 Å². The minimum atomic E-state index is 0.506. The van der Waals surface area contributed by atoms with E-state index < -0.39 is 0 Å². The number of nitrogens with zero attached hydrogens (tertiary/aromatic N) is 2. The fraction of sp³-hybridized carbons (Fsp3) is 0.667. The predicted molar refractivity (Wildman–Crippen MR) is 63.1 cm³/mol. The van der Waals surface area contributed by atoms with Crippen molar-refractivity contribution >= 4 is 0 Å². The second-order valence-electron chi connectivity index (χ2n) is 4.29. The van der Waals surface area contributed by atoms with E-state index in [2.05, 4.69) is 39.1 Å². The van der Waals surface area contributed by atoms with Crippen LogP contribution in [0.2, 0.25) is 0 Å². The van der Waals surface area contributed by atoms with Crippen LogP contribution in [0.3, 0.4) is 0 Å². The van der Waals surface area contributed by atoms with Crippen LogP contribution in [-0.4, -0.2) is 36.7 Å². The Bertz CT molecular complexity index is 230. The molecule has 0 aromatic heterocycles. The lowest BCUT2D eigenvalue weighted by molar-refractivity contribution is -0.117. The first-order valence-corrected chi connectivity index (χ1v) is 5.51. The van der Waals surface area contributed by atoms with Crippen LogP contribution >= 0.6 is 0 Å².